The molecule has 25 heavy (non-hydrogen) atoms. The Balaban J connectivity index is 1.37. The molecule has 1 amide bonds. The molecule has 3 unspecified atom stereocenters. The van der Waals surface area contributed by atoms with Gasteiger partial charge in [0.15, 0.2) is 0 Å². The molecule has 3 atom stereocenters. The molecule has 6 heteroatoms. The summed E-state index contributed by atoms with van der Waals surface area (Å²) < 4.78 is 12.9. The number of hydrogen-bond acceptors (Lipinski definition) is 4. The van der Waals surface area contributed by atoms with Crippen molar-refractivity contribution in [3.05, 3.63) is 30.1 Å². The van der Waals surface area contributed by atoms with Crippen LogP contribution in [0.15, 0.2) is 29.2 Å². The molecule has 1 aliphatic carbocycles. The van der Waals surface area contributed by atoms with Crippen LogP contribution in [-0.2, 0) is 4.79 Å². The van der Waals surface area contributed by atoms with Gasteiger partial charge in [0, 0.05) is 23.2 Å². The van der Waals surface area contributed by atoms with Gasteiger partial charge in [0.2, 0.25) is 5.91 Å². The lowest BCUT2D eigenvalue weighted by Crippen LogP contribution is -2.42. The molecule has 2 aliphatic rings. The Morgan fingerprint density at radius 2 is 2.12 bits per heavy atom. The van der Waals surface area contributed by atoms with Gasteiger partial charge in [-0.1, -0.05) is 0 Å². The number of nitrogens with zero attached hydrogens (tertiary/aromatic N) is 2. The van der Waals surface area contributed by atoms with Crippen LogP contribution < -0.4 is 5.32 Å². The molecule has 1 aromatic rings. The highest BCUT2D eigenvalue weighted by molar-refractivity contribution is 7.99. The Labute approximate surface area is 152 Å². The van der Waals surface area contributed by atoms with Crippen molar-refractivity contribution >= 4 is 17.7 Å². The molecule has 0 bridgehead atoms. The van der Waals surface area contributed by atoms with Crippen LogP contribution in [0, 0.1) is 23.1 Å². The first-order chi connectivity index (χ1) is 12.2. The van der Waals surface area contributed by atoms with Crippen molar-refractivity contribution < 1.29 is 9.18 Å². The van der Waals surface area contributed by atoms with Crippen LogP contribution in [0.5, 0.6) is 0 Å². The van der Waals surface area contributed by atoms with E-state index >= 15 is 0 Å². The highest BCUT2D eigenvalue weighted by Crippen LogP contribution is 2.31. The van der Waals surface area contributed by atoms with E-state index in [2.05, 4.69) is 11.4 Å². The van der Waals surface area contributed by atoms with Crippen LogP contribution in [0.3, 0.4) is 0 Å². The van der Waals surface area contributed by atoms with Gasteiger partial charge in [0.05, 0.1) is 12.6 Å². The van der Waals surface area contributed by atoms with E-state index in [0.29, 0.717) is 25.0 Å². The molecule has 134 valence electrons. The van der Waals surface area contributed by atoms with Crippen molar-refractivity contribution in [3.8, 4) is 6.07 Å². The lowest BCUT2D eigenvalue weighted by molar-refractivity contribution is -0.130. The summed E-state index contributed by atoms with van der Waals surface area (Å²) in [6.07, 6.45) is 5.04. The van der Waals surface area contributed by atoms with Gasteiger partial charge < -0.3 is 10.2 Å². The van der Waals surface area contributed by atoms with Crippen LogP contribution in [0.4, 0.5) is 4.39 Å². The van der Waals surface area contributed by atoms with E-state index in [1.54, 1.807) is 16.7 Å². The Morgan fingerprint density at radius 1 is 1.32 bits per heavy atom. The average Bonchev–Trinajstić information content (AvgIpc) is 3.28. The Kier molecular flexibility index (Phi) is 6.33. The van der Waals surface area contributed by atoms with Crippen molar-refractivity contribution in [1.82, 2.24) is 10.2 Å². The second kappa shape index (κ2) is 8.68. The van der Waals surface area contributed by atoms with Crippen molar-refractivity contribution in [1.29, 1.82) is 5.26 Å². The molecular weight excluding hydrogens is 337 g/mol. The predicted octanol–water partition coefficient (Wildman–Crippen LogP) is 3.19. The van der Waals surface area contributed by atoms with Crippen LogP contribution in [0.1, 0.15) is 32.1 Å². The molecule has 1 N–H and O–H groups in total. The Hall–Kier alpha value is -1.58. The second-order valence-electron chi connectivity index (χ2n) is 6.90. The Bertz CT molecular complexity index is 631. The summed E-state index contributed by atoms with van der Waals surface area (Å²) in [6, 6.07) is 9.01. The third-order valence-corrected chi connectivity index (χ3v) is 6.35. The van der Waals surface area contributed by atoms with E-state index < -0.39 is 0 Å². The number of nitriles is 1. The van der Waals surface area contributed by atoms with Gasteiger partial charge in [-0.2, -0.15) is 5.26 Å². The number of carbonyl (C=O) groups excluding carboxylic acids is 1. The maximum Gasteiger partial charge on any atom is 0.237 e. The van der Waals surface area contributed by atoms with E-state index in [4.69, 9.17) is 5.26 Å². The number of carbonyl (C=O) groups is 1. The summed E-state index contributed by atoms with van der Waals surface area (Å²) in [6.45, 7) is 1.04. The quantitative estimate of drug-likeness (QED) is 0.791. The number of nitrogens with one attached hydrogen (secondary N) is 1. The fourth-order valence-electron chi connectivity index (χ4n) is 3.69. The molecule has 4 nitrogen and oxygen atoms in total. The van der Waals surface area contributed by atoms with Gasteiger partial charge in [0.25, 0.3) is 0 Å². The van der Waals surface area contributed by atoms with Crippen LogP contribution in [0.2, 0.25) is 0 Å². The van der Waals surface area contributed by atoms with Crippen molar-refractivity contribution in [3.63, 3.8) is 0 Å². The fraction of sp³-hybridized carbons (Fsp3) is 0.579. The number of benzene rings is 1. The van der Waals surface area contributed by atoms with Crippen molar-refractivity contribution in [2.75, 3.05) is 18.8 Å². The smallest absolute Gasteiger partial charge is 0.237 e. The van der Waals surface area contributed by atoms with Crippen LogP contribution >= 0.6 is 11.8 Å². The highest BCUT2D eigenvalue weighted by Gasteiger charge is 2.30. The number of halogens is 1. The van der Waals surface area contributed by atoms with Crippen LogP contribution in [-0.4, -0.2) is 41.7 Å². The molecule has 0 radical (unpaired) electrons. The monoisotopic (exact) mass is 361 g/mol. The van der Waals surface area contributed by atoms with E-state index in [0.717, 1.165) is 42.8 Å². The molecule has 1 saturated carbocycles. The van der Waals surface area contributed by atoms with E-state index in [9.17, 15) is 9.18 Å². The van der Waals surface area contributed by atoms with E-state index in [1.165, 1.54) is 12.1 Å². The molecule has 2 fully saturated rings. The summed E-state index contributed by atoms with van der Waals surface area (Å²) in [4.78, 5) is 15.1. The SMILES string of the molecule is N#CC1CCCN1C(=O)CNC1CCC(CSc2ccc(F)cc2)C1. The molecule has 3 rings (SSSR count). The number of thioether (sulfide) groups is 1. The third-order valence-electron chi connectivity index (χ3n) is 5.10. The molecule has 1 aliphatic heterocycles. The van der Waals surface area contributed by atoms with Gasteiger partial charge in [-0.15, -0.1) is 11.8 Å². The van der Waals surface area contributed by atoms with Gasteiger partial charge in [-0.05, 0) is 62.3 Å². The summed E-state index contributed by atoms with van der Waals surface area (Å²) >= 11 is 1.77. The molecule has 1 saturated heterocycles. The minimum absolute atomic E-state index is 0.0492. The molecular formula is C19H24FN3OS. The average molecular weight is 361 g/mol. The zero-order chi connectivity index (χ0) is 17.6. The number of likely N-dealkylation sites (tertiary alicyclic amines) is 1. The predicted molar refractivity (Wildman–Crippen MR) is 96.6 cm³/mol. The first-order valence-electron chi connectivity index (χ1n) is 8.96. The van der Waals surface area contributed by atoms with Gasteiger partial charge in [-0.25, -0.2) is 4.39 Å². The maximum atomic E-state index is 12.9. The minimum atomic E-state index is -0.238. The zero-order valence-corrected chi connectivity index (χ0v) is 15.1. The van der Waals surface area contributed by atoms with E-state index in [-0.39, 0.29) is 17.8 Å². The number of rotatable bonds is 6. The highest BCUT2D eigenvalue weighted by atomic mass is 32.2. The number of amides is 1. The van der Waals surface area contributed by atoms with Crippen LogP contribution in [0.25, 0.3) is 0 Å². The molecule has 0 spiro atoms. The fourth-order valence-corrected chi connectivity index (χ4v) is 4.75. The summed E-state index contributed by atoms with van der Waals surface area (Å²) in [7, 11) is 0. The minimum Gasteiger partial charge on any atom is -0.326 e. The maximum absolute atomic E-state index is 12.9. The number of hydrogen-bond donors (Lipinski definition) is 1. The lowest BCUT2D eigenvalue weighted by Gasteiger charge is -2.21. The normalized spacial score (nSPS) is 25.9. The first kappa shape index (κ1) is 18.2. The second-order valence-corrected chi connectivity index (χ2v) is 7.99. The third kappa shape index (κ3) is 4.96. The first-order valence-corrected chi connectivity index (χ1v) is 9.95. The summed E-state index contributed by atoms with van der Waals surface area (Å²) in [5.41, 5.74) is 0. The van der Waals surface area contributed by atoms with Crippen molar-refractivity contribution in [2.45, 2.75) is 49.1 Å². The molecule has 1 heterocycles. The van der Waals surface area contributed by atoms with Gasteiger partial charge >= 0.3 is 0 Å². The largest absolute Gasteiger partial charge is 0.326 e. The van der Waals surface area contributed by atoms with E-state index in [1.807, 2.05) is 12.1 Å². The summed E-state index contributed by atoms with van der Waals surface area (Å²) in [5, 5.41) is 12.5. The lowest BCUT2D eigenvalue weighted by atomic mass is 10.1. The van der Waals surface area contributed by atoms with Gasteiger partial charge in [-0.3, -0.25) is 4.79 Å². The zero-order valence-electron chi connectivity index (χ0n) is 14.3. The molecule has 0 aromatic heterocycles. The molecule has 1 aromatic carbocycles. The standard InChI is InChI=1S/C19H24FN3OS/c20-15-4-7-18(8-5-15)25-13-14-3-6-16(10-14)22-12-19(24)23-9-1-2-17(23)11-21/h4-5,7-8,14,16-17,22H,1-3,6,9-10,12-13H2. The van der Waals surface area contributed by atoms with Gasteiger partial charge in [0.1, 0.15) is 11.9 Å². The topological polar surface area (TPSA) is 56.1 Å². The summed E-state index contributed by atoms with van der Waals surface area (Å²) in [5.74, 6) is 1.51. The van der Waals surface area contributed by atoms with Crippen molar-refractivity contribution in [2.24, 2.45) is 5.92 Å². The Morgan fingerprint density at radius 3 is 2.88 bits per heavy atom.